The summed E-state index contributed by atoms with van der Waals surface area (Å²) in [6.45, 7) is 1.70. The first-order chi connectivity index (χ1) is 11.6. The van der Waals surface area contributed by atoms with Gasteiger partial charge in [-0.2, -0.15) is 0 Å². The number of benzene rings is 1. The van der Waals surface area contributed by atoms with Gasteiger partial charge in [-0.3, -0.25) is 9.59 Å². The van der Waals surface area contributed by atoms with E-state index >= 15 is 0 Å². The molecule has 7 heteroatoms. The molecule has 124 valence electrons. The average Bonchev–Trinajstić information content (AvgIpc) is 2.99. The molecule has 1 aromatic carbocycles. The summed E-state index contributed by atoms with van der Waals surface area (Å²) in [7, 11) is 0. The van der Waals surface area contributed by atoms with E-state index in [2.05, 4.69) is 15.3 Å². The number of hydrogen-bond acceptors (Lipinski definition) is 5. The summed E-state index contributed by atoms with van der Waals surface area (Å²) in [5.41, 5.74) is 7.78. The molecule has 0 saturated carbocycles. The van der Waals surface area contributed by atoms with Gasteiger partial charge in [0.25, 0.3) is 5.91 Å². The van der Waals surface area contributed by atoms with Crippen molar-refractivity contribution in [3.05, 3.63) is 53.5 Å². The van der Waals surface area contributed by atoms with Crippen LogP contribution >= 0.6 is 0 Å². The second-order valence-corrected chi connectivity index (χ2v) is 5.66. The normalized spacial score (nSPS) is 14.0. The standard InChI is InChI=1S/C17H19N5O2/c18-16-15(19-7-8-20-16)17(24)21-10-12-4-1-2-5-13(12)11-22-9-3-6-14(22)23/h1-2,4-5,7-8H,3,6,9-11H2,(H2,18,20)(H,21,24). The predicted molar refractivity (Wildman–Crippen MR) is 88.7 cm³/mol. The van der Waals surface area contributed by atoms with Gasteiger partial charge in [-0.1, -0.05) is 24.3 Å². The summed E-state index contributed by atoms with van der Waals surface area (Å²) in [4.78, 5) is 33.7. The minimum Gasteiger partial charge on any atom is -0.382 e. The topological polar surface area (TPSA) is 101 Å². The third kappa shape index (κ3) is 3.51. The van der Waals surface area contributed by atoms with Gasteiger partial charge in [-0.05, 0) is 17.5 Å². The Hall–Kier alpha value is -2.96. The van der Waals surface area contributed by atoms with Crippen molar-refractivity contribution in [3.63, 3.8) is 0 Å². The van der Waals surface area contributed by atoms with Crippen molar-refractivity contribution in [2.75, 3.05) is 12.3 Å². The lowest BCUT2D eigenvalue weighted by atomic mass is 10.1. The second kappa shape index (κ2) is 7.08. The van der Waals surface area contributed by atoms with E-state index in [1.165, 1.54) is 12.4 Å². The molecule has 1 aromatic heterocycles. The van der Waals surface area contributed by atoms with Crippen LogP contribution < -0.4 is 11.1 Å². The highest BCUT2D eigenvalue weighted by Crippen LogP contribution is 2.17. The van der Waals surface area contributed by atoms with Crippen LogP contribution in [0.3, 0.4) is 0 Å². The maximum absolute atomic E-state index is 12.2. The fourth-order valence-electron chi connectivity index (χ4n) is 2.74. The number of carbonyl (C=O) groups excluding carboxylic acids is 2. The lowest BCUT2D eigenvalue weighted by molar-refractivity contribution is -0.128. The molecule has 0 radical (unpaired) electrons. The van der Waals surface area contributed by atoms with Crippen molar-refractivity contribution in [2.45, 2.75) is 25.9 Å². The van der Waals surface area contributed by atoms with Crippen LogP contribution in [0.4, 0.5) is 5.82 Å². The molecule has 1 saturated heterocycles. The number of hydrogen-bond donors (Lipinski definition) is 2. The molecular weight excluding hydrogens is 306 g/mol. The number of amides is 2. The summed E-state index contributed by atoms with van der Waals surface area (Å²) in [5.74, 6) is -0.0835. The van der Waals surface area contributed by atoms with Gasteiger partial charge in [-0.15, -0.1) is 0 Å². The molecule has 7 nitrogen and oxygen atoms in total. The lowest BCUT2D eigenvalue weighted by Crippen LogP contribution is -2.27. The third-order valence-corrected chi connectivity index (χ3v) is 4.03. The van der Waals surface area contributed by atoms with Gasteiger partial charge in [0, 0.05) is 38.4 Å². The van der Waals surface area contributed by atoms with E-state index in [9.17, 15) is 9.59 Å². The highest BCUT2D eigenvalue weighted by atomic mass is 16.2. The van der Waals surface area contributed by atoms with Gasteiger partial charge < -0.3 is 16.0 Å². The van der Waals surface area contributed by atoms with E-state index in [1.807, 2.05) is 29.2 Å². The zero-order valence-corrected chi connectivity index (χ0v) is 13.2. The maximum atomic E-state index is 12.2. The zero-order chi connectivity index (χ0) is 16.9. The first-order valence-electron chi connectivity index (χ1n) is 7.84. The molecule has 2 amide bonds. The minimum atomic E-state index is -0.368. The van der Waals surface area contributed by atoms with Gasteiger partial charge in [0.05, 0.1) is 0 Å². The number of aromatic nitrogens is 2. The van der Waals surface area contributed by atoms with Crippen molar-refractivity contribution >= 4 is 17.6 Å². The van der Waals surface area contributed by atoms with Crippen molar-refractivity contribution in [1.82, 2.24) is 20.2 Å². The number of carbonyl (C=O) groups is 2. The largest absolute Gasteiger partial charge is 0.382 e. The van der Waals surface area contributed by atoms with E-state index in [0.717, 1.165) is 24.1 Å². The minimum absolute atomic E-state index is 0.103. The van der Waals surface area contributed by atoms with Crippen molar-refractivity contribution in [2.24, 2.45) is 0 Å². The number of rotatable bonds is 5. The molecule has 0 spiro atoms. The van der Waals surface area contributed by atoms with Crippen LogP contribution in [-0.4, -0.2) is 33.2 Å². The number of nitrogens with zero attached hydrogens (tertiary/aromatic N) is 3. The van der Waals surface area contributed by atoms with Gasteiger partial charge in [-0.25, -0.2) is 9.97 Å². The summed E-state index contributed by atoms with van der Waals surface area (Å²) in [6.07, 6.45) is 4.39. The summed E-state index contributed by atoms with van der Waals surface area (Å²) in [6, 6.07) is 7.76. The van der Waals surface area contributed by atoms with Crippen LogP contribution in [0, 0.1) is 0 Å². The zero-order valence-electron chi connectivity index (χ0n) is 13.2. The van der Waals surface area contributed by atoms with Crippen LogP contribution in [0.15, 0.2) is 36.7 Å². The predicted octanol–water partition coefficient (Wildman–Crippen LogP) is 1.11. The van der Waals surface area contributed by atoms with Crippen LogP contribution in [-0.2, 0) is 17.9 Å². The molecule has 0 aliphatic carbocycles. The highest BCUT2D eigenvalue weighted by molar-refractivity contribution is 5.96. The molecule has 1 aliphatic heterocycles. The molecular formula is C17H19N5O2. The van der Waals surface area contributed by atoms with E-state index in [0.29, 0.717) is 19.5 Å². The van der Waals surface area contributed by atoms with Gasteiger partial charge in [0.2, 0.25) is 5.91 Å². The molecule has 3 rings (SSSR count). The Labute approximate surface area is 139 Å². The Balaban J connectivity index is 1.68. The van der Waals surface area contributed by atoms with Gasteiger partial charge in [0.15, 0.2) is 11.5 Å². The fraction of sp³-hybridized carbons (Fsp3) is 0.294. The highest BCUT2D eigenvalue weighted by Gasteiger charge is 2.21. The first kappa shape index (κ1) is 15.9. The Morgan fingerprint density at radius 1 is 1.21 bits per heavy atom. The van der Waals surface area contributed by atoms with Crippen LogP contribution in [0.25, 0.3) is 0 Å². The fourth-order valence-corrected chi connectivity index (χ4v) is 2.74. The average molecular weight is 325 g/mol. The summed E-state index contributed by atoms with van der Waals surface area (Å²) in [5, 5.41) is 2.81. The first-order valence-corrected chi connectivity index (χ1v) is 7.84. The SMILES string of the molecule is Nc1nccnc1C(=O)NCc1ccccc1CN1CCCC1=O. The molecule has 24 heavy (non-hydrogen) atoms. The van der Waals surface area contributed by atoms with Crippen LogP contribution in [0.1, 0.15) is 34.5 Å². The smallest absolute Gasteiger partial charge is 0.273 e. The molecule has 1 aliphatic rings. The molecule has 2 heterocycles. The lowest BCUT2D eigenvalue weighted by Gasteiger charge is -2.18. The Morgan fingerprint density at radius 2 is 1.96 bits per heavy atom. The van der Waals surface area contributed by atoms with Crippen molar-refractivity contribution in [1.29, 1.82) is 0 Å². The van der Waals surface area contributed by atoms with E-state index < -0.39 is 0 Å². The molecule has 2 aromatic rings. The molecule has 0 unspecified atom stereocenters. The number of nitrogen functional groups attached to an aromatic ring is 1. The Kier molecular flexibility index (Phi) is 4.69. The molecule has 0 atom stereocenters. The summed E-state index contributed by atoms with van der Waals surface area (Å²) < 4.78 is 0. The maximum Gasteiger partial charge on any atom is 0.273 e. The van der Waals surface area contributed by atoms with Gasteiger partial charge >= 0.3 is 0 Å². The van der Waals surface area contributed by atoms with E-state index in [1.54, 1.807) is 0 Å². The molecule has 1 fully saturated rings. The Morgan fingerprint density at radius 3 is 2.67 bits per heavy atom. The van der Waals surface area contributed by atoms with Gasteiger partial charge in [0.1, 0.15) is 0 Å². The van der Waals surface area contributed by atoms with Crippen LogP contribution in [0.5, 0.6) is 0 Å². The number of nitrogens with one attached hydrogen (secondary N) is 1. The van der Waals surface area contributed by atoms with Crippen molar-refractivity contribution < 1.29 is 9.59 Å². The Bertz CT molecular complexity index is 762. The third-order valence-electron chi connectivity index (χ3n) is 4.03. The van der Waals surface area contributed by atoms with Crippen LogP contribution in [0.2, 0.25) is 0 Å². The van der Waals surface area contributed by atoms with E-state index in [4.69, 9.17) is 5.73 Å². The molecule has 3 N–H and O–H groups in total. The summed E-state index contributed by atoms with van der Waals surface area (Å²) >= 11 is 0. The van der Waals surface area contributed by atoms with Crippen molar-refractivity contribution in [3.8, 4) is 0 Å². The number of anilines is 1. The number of likely N-dealkylation sites (tertiary alicyclic amines) is 1. The quantitative estimate of drug-likeness (QED) is 0.857. The molecule has 0 bridgehead atoms. The second-order valence-electron chi connectivity index (χ2n) is 5.66. The number of nitrogens with two attached hydrogens (primary N) is 1. The monoisotopic (exact) mass is 325 g/mol. The van der Waals surface area contributed by atoms with E-state index in [-0.39, 0.29) is 23.3 Å².